The Bertz CT molecular complexity index is 1330. The number of fused-ring (bicyclic) bond motifs is 1. The smallest absolute Gasteiger partial charge is 0.266 e. The summed E-state index contributed by atoms with van der Waals surface area (Å²) in [5, 5.41) is 13.5. The van der Waals surface area contributed by atoms with E-state index in [0.717, 1.165) is 22.2 Å². The van der Waals surface area contributed by atoms with E-state index < -0.39 is 5.91 Å². The first-order chi connectivity index (χ1) is 15.6. The van der Waals surface area contributed by atoms with E-state index in [1.807, 2.05) is 43.3 Å². The number of rotatable bonds is 6. The van der Waals surface area contributed by atoms with Crippen molar-refractivity contribution in [2.75, 3.05) is 12.4 Å². The number of para-hydroxylation sites is 1. The lowest BCUT2D eigenvalue weighted by molar-refractivity contribution is -0.112. The molecule has 1 amide bonds. The van der Waals surface area contributed by atoms with Crippen LogP contribution in [0.25, 0.3) is 17.0 Å². The van der Waals surface area contributed by atoms with E-state index in [2.05, 4.69) is 34.2 Å². The predicted molar refractivity (Wildman–Crippen MR) is 127 cm³/mol. The van der Waals surface area contributed by atoms with Crippen LogP contribution < -0.4 is 10.1 Å². The molecule has 1 N–H and O–H groups in total. The number of nitrogens with zero attached hydrogens (tertiary/aromatic N) is 2. The number of nitrogens with one attached hydrogen (secondary N) is 1. The number of carbonyl (C=O) groups is 1. The highest BCUT2D eigenvalue weighted by atomic mass is 16.5. The van der Waals surface area contributed by atoms with Crippen molar-refractivity contribution in [3.63, 3.8) is 0 Å². The first-order valence-corrected chi connectivity index (χ1v) is 10.3. The van der Waals surface area contributed by atoms with Crippen LogP contribution in [0.3, 0.4) is 0 Å². The van der Waals surface area contributed by atoms with Crippen molar-refractivity contribution in [2.45, 2.75) is 13.5 Å². The minimum atomic E-state index is -0.447. The van der Waals surface area contributed by atoms with Crippen molar-refractivity contribution in [3.05, 3.63) is 101 Å². The van der Waals surface area contributed by atoms with Gasteiger partial charge in [-0.15, -0.1) is 0 Å². The van der Waals surface area contributed by atoms with Gasteiger partial charge in [0.1, 0.15) is 17.4 Å². The Morgan fingerprint density at radius 1 is 1.03 bits per heavy atom. The van der Waals surface area contributed by atoms with Crippen molar-refractivity contribution < 1.29 is 9.53 Å². The molecule has 158 valence electrons. The fourth-order valence-corrected chi connectivity index (χ4v) is 3.78. The minimum absolute atomic E-state index is 0.0477. The number of methoxy groups -OCH3 is 1. The number of ether oxygens (including phenoxy) is 1. The van der Waals surface area contributed by atoms with Crippen LogP contribution in [0, 0.1) is 18.3 Å². The number of carbonyl (C=O) groups excluding carboxylic acids is 1. The summed E-state index contributed by atoms with van der Waals surface area (Å²) in [4.78, 5) is 12.8. The number of nitriles is 1. The van der Waals surface area contributed by atoms with E-state index in [9.17, 15) is 10.1 Å². The van der Waals surface area contributed by atoms with E-state index in [0.29, 0.717) is 18.0 Å². The Hall–Kier alpha value is -4.30. The summed E-state index contributed by atoms with van der Waals surface area (Å²) < 4.78 is 7.36. The molecule has 0 atom stereocenters. The average molecular weight is 422 g/mol. The number of aromatic nitrogens is 1. The monoisotopic (exact) mass is 421 g/mol. The number of anilines is 1. The Labute approximate surface area is 187 Å². The second-order valence-corrected chi connectivity index (χ2v) is 7.44. The molecular formula is C27H23N3O2. The van der Waals surface area contributed by atoms with Crippen molar-refractivity contribution in [3.8, 4) is 11.8 Å². The van der Waals surface area contributed by atoms with Crippen LogP contribution in [0.5, 0.6) is 5.75 Å². The van der Waals surface area contributed by atoms with Gasteiger partial charge in [-0.2, -0.15) is 5.26 Å². The molecule has 5 heteroatoms. The Balaban J connectivity index is 1.70. The summed E-state index contributed by atoms with van der Waals surface area (Å²) in [5.41, 5.74) is 4.77. The number of hydrogen-bond donors (Lipinski definition) is 1. The fraction of sp³-hybridized carbons (Fsp3) is 0.111. The van der Waals surface area contributed by atoms with Gasteiger partial charge in [-0.3, -0.25) is 4.79 Å². The number of amides is 1. The van der Waals surface area contributed by atoms with Gasteiger partial charge in [0, 0.05) is 34.4 Å². The highest BCUT2D eigenvalue weighted by Crippen LogP contribution is 2.29. The Morgan fingerprint density at radius 3 is 2.41 bits per heavy atom. The topological polar surface area (TPSA) is 67.0 Å². The fourth-order valence-electron chi connectivity index (χ4n) is 3.78. The van der Waals surface area contributed by atoms with Crippen LogP contribution in [-0.2, 0) is 11.3 Å². The first-order valence-electron chi connectivity index (χ1n) is 10.3. The summed E-state index contributed by atoms with van der Waals surface area (Å²) in [6, 6.07) is 27.3. The van der Waals surface area contributed by atoms with E-state index in [-0.39, 0.29) is 5.57 Å². The lowest BCUT2D eigenvalue weighted by atomic mass is 10.1. The summed E-state index contributed by atoms with van der Waals surface area (Å²) in [7, 11) is 1.58. The van der Waals surface area contributed by atoms with Crippen molar-refractivity contribution in [2.24, 2.45) is 0 Å². The third kappa shape index (κ3) is 4.26. The molecule has 0 saturated carbocycles. The molecule has 4 aromatic rings. The maximum Gasteiger partial charge on any atom is 0.266 e. The molecule has 1 aromatic heterocycles. The van der Waals surface area contributed by atoms with Gasteiger partial charge in [0.25, 0.3) is 5.91 Å². The molecule has 0 saturated heterocycles. The van der Waals surface area contributed by atoms with Gasteiger partial charge in [-0.05, 0) is 48.9 Å². The molecular weight excluding hydrogens is 398 g/mol. The molecule has 0 fully saturated rings. The first kappa shape index (κ1) is 21.0. The predicted octanol–water partition coefficient (Wildman–Crippen LogP) is 5.55. The molecule has 0 bridgehead atoms. The standard InChI is InChI=1S/C27H23N3O2/c1-19-25(16-21(17-28)27(31)29-22-12-14-23(32-2)15-13-22)24-10-6-7-11-26(24)30(19)18-20-8-4-3-5-9-20/h3-16H,18H2,1-2H3,(H,29,31)/b21-16-. The normalized spacial score (nSPS) is 11.2. The summed E-state index contributed by atoms with van der Waals surface area (Å²) in [5.74, 6) is 0.248. The zero-order valence-electron chi connectivity index (χ0n) is 18.0. The molecule has 4 rings (SSSR count). The molecule has 3 aromatic carbocycles. The third-order valence-corrected chi connectivity index (χ3v) is 5.46. The van der Waals surface area contributed by atoms with Crippen molar-refractivity contribution in [1.82, 2.24) is 4.57 Å². The largest absolute Gasteiger partial charge is 0.497 e. The van der Waals surface area contributed by atoms with Crippen molar-refractivity contribution >= 4 is 28.6 Å². The molecule has 1 heterocycles. The van der Waals surface area contributed by atoms with Crippen LogP contribution >= 0.6 is 0 Å². The maximum atomic E-state index is 12.8. The second kappa shape index (κ2) is 9.23. The highest BCUT2D eigenvalue weighted by Gasteiger charge is 2.16. The third-order valence-electron chi connectivity index (χ3n) is 5.46. The van der Waals surface area contributed by atoms with E-state index in [1.54, 1.807) is 37.5 Å². The van der Waals surface area contributed by atoms with E-state index in [4.69, 9.17) is 4.74 Å². The molecule has 5 nitrogen and oxygen atoms in total. The van der Waals surface area contributed by atoms with Gasteiger partial charge >= 0.3 is 0 Å². The second-order valence-electron chi connectivity index (χ2n) is 7.44. The van der Waals surface area contributed by atoms with Crippen LogP contribution in [0.2, 0.25) is 0 Å². The molecule has 0 unspecified atom stereocenters. The van der Waals surface area contributed by atoms with Gasteiger partial charge in [0.15, 0.2) is 0 Å². The van der Waals surface area contributed by atoms with Crippen LogP contribution in [0.4, 0.5) is 5.69 Å². The zero-order valence-corrected chi connectivity index (χ0v) is 18.0. The van der Waals surface area contributed by atoms with Gasteiger partial charge < -0.3 is 14.6 Å². The quantitative estimate of drug-likeness (QED) is 0.328. The molecule has 0 aliphatic rings. The van der Waals surface area contributed by atoms with Crippen molar-refractivity contribution in [1.29, 1.82) is 5.26 Å². The van der Waals surface area contributed by atoms with E-state index in [1.165, 1.54) is 5.56 Å². The van der Waals surface area contributed by atoms with Gasteiger partial charge in [0.2, 0.25) is 0 Å². The average Bonchev–Trinajstić information content (AvgIpc) is 3.09. The van der Waals surface area contributed by atoms with Gasteiger partial charge in [-0.1, -0.05) is 48.5 Å². The molecule has 0 spiro atoms. The zero-order chi connectivity index (χ0) is 22.5. The lowest BCUT2D eigenvalue weighted by Gasteiger charge is -2.09. The van der Waals surface area contributed by atoms with Gasteiger partial charge in [-0.25, -0.2) is 0 Å². The molecule has 0 aliphatic heterocycles. The summed E-state index contributed by atoms with van der Waals surface area (Å²) >= 11 is 0. The van der Waals surface area contributed by atoms with E-state index >= 15 is 0 Å². The highest BCUT2D eigenvalue weighted by molar-refractivity contribution is 6.11. The molecule has 0 radical (unpaired) electrons. The van der Waals surface area contributed by atoms with Crippen LogP contribution in [-0.4, -0.2) is 17.6 Å². The Morgan fingerprint density at radius 2 is 1.72 bits per heavy atom. The number of hydrogen-bond acceptors (Lipinski definition) is 3. The van der Waals surface area contributed by atoms with Gasteiger partial charge in [0.05, 0.1) is 7.11 Å². The lowest BCUT2D eigenvalue weighted by Crippen LogP contribution is -2.13. The Kier molecular flexibility index (Phi) is 6.05. The minimum Gasteiger partial charge on any atom is -0.497 e. The summed E-state index contributed by atoms with van der Waals surface area (Å²) in [6.45, 7) is 2.73. The number of benzene rings is 3. The SMILES string of the molecule is COc1ccc(NC(=O)/C(C#N)=C\c2c(C)n(Cc3ccccc3)c3ccccc23)cc1. The van der Waals surface area contributed by atoms with Crippen LogP contribution in [0.1, 0.15) is 16.8 Å². The summed E-state index contributed by atoms with van der Waals surface area (Å²) in [6.07, 6.45) is 1.68. The van der Waals surface area contributed by atoms with Crippen LogP contribution in [0.15, 0.2) is 84.4 Å². The molecule has 32 heavy (non-hydrogen) atoms. The molecule has 0 aliphatic carbocycles. The maximum absolute atomic E-state index is 12.8.